The van der Waals surface area contributed by atoms with E-state index in [1.807, 2.05) is 0 Å². The van der Waals surface area contributed by atoms with Crippen LogP contribution < -0.4 is 0 Å². The van der Waals surface area contributed by atoms with Gasteiger partial charge in [0, 0.05) is 0 Å². The van der Waals surface area contributed by atoms with Crippen LogP contribution in [0.3, 0.4) is 0 Å². The van der Waals surface area contributed by atoms with Gasteiger partial charge in [-0.25, -0.2) is 0 Å². The van der Waals surface area contributed by atoms with Gasteiger partial charge in [0.25, 0.3) is 0 Å². The van der Waals surface area contributed by atoms with Crippen LogP contribution >= 0.6 is 0 Å². The highest BCUT2D eigenvalue weighted by molar-refractivity contribution is 6.38. The molecule has 142 valence electrons. The minimum absolute atomic E-state index is 0.274. The zero-order chi connectivity index (χ0) is 20.5. The predicted octanol–water partition coefficient (Wildman–Crippen LogP) is 4.65. The lowest BCUT2D eigenvalue weighted by molar-refractivity contribution is -0.137. The van der Waals surface area contributed by atoms with Gasteiger partial charge in [0.15, 0.2) is 11.5 Å². The second-order valence-corrected chi connectivity index (χ2v) is 5.96. The molecule has 0 unspecified atom stereocenters. The summed E-state index contributed by atoms with van der Waals surface area (Å²) in [5.41, 5.74) is -0.998. The summed E-state index contributed by atoms with van der Waals surface area (Å²) in [6.07, 6.45) is -2.13. The molecule has 2 aromatic rings. The van der Waals surface area contributed by atoms with E-state index in [0.29, 0.717) is 5.56 Å². The number of carbonyl (C=O) groups is 2. The molecule has 0 aliphatic heterocycles. The van der Waals surface area contributed by atoms with Gasteiger partial charge in [-0.1, -0.05) is 48.5 Å². The number of hydrogen-bond donors (Lipinski definition) is 2. The molecule has 0 spiro atoms. The quantitative estimate of drug-likeness (QED) is 0.753. The highest BCUT2D eigenvalue weighted by Crippen LogP contribution is 2.31. The van der Waals surface area contributed by atoms with E-state index in [-0.39, 0.29) is 11.1 Å². The molecule has 0 atom stereocenters. The minimum atomic E-state index is -4.47. The molecule has 0 bridgehead atoms. The molecule has 28 heavy (non-hydrogen) atoms. The van der Waals surface area contributed by atoms with E-state index in [1.165, 1.54) is 30.3 Å². The maximum Gasteiger partial charge on any atom is 0.416 e. The summed E-state index contributed by atoms with van der Waals surface area (Å²) in [5, 5.41) is 20.3. The lowest BCUT2D eigenvalue weighted by Crippen LogP contribution is -2.22. The number of ketones is 2. The third kappa shape index (κ3) is 3.59. The Kier molecular flexibility index (Phi) is 4.92. The summed E-state index contributed by atoms with van der Waals surface area (Å²) < 4.78 is 37.8. The normalized spacial score (nSPS) is 15.7. The zero-order valence-electron chi connectivity index (χ0n) is 14.2. The molecule has 2 aromatic carbocycles. The molecule has 1 aliphatic carbocycles. The van der Waals surface area contributed by atoms with Gasteiger partial charge in [0.1, 0.15) is 0 Å². The highest BCUT2D eigenvalue weighted by atomic mass is 19.4. The molecule has 0 amide bonds. The average Bonchev–Trinajstić information content (AvgIpc) is 2.67. The number of Topliss-reactive ketones (excluding diaryl/α,β-unsaturated/α-hetero) is 2. The Balaban J connectivity index is 1.91. The van der Waals surface area contributed by atoms with Crippen LogP contribution in [0.4, 0.5) is 13.2 Å². The molecule has 0 fully saturated rings. The number of aliphatic hydroxyl groups excluding tert-OH is 2. The van der Waals surface area contributed by atoms with Crippen LogP contribution in [0.25, 0.3) is 11.6 Å². The summed E-state index contributed by atoms with van der Waals surface area (Å²) in [4.78, 5) is 24.8. The first kappa shape index (κ1) is 19.2. The second kappa shape index (κ2) is 7.19. The van der Waals surface area contributed by atoms with E-state index in [2.05, 4.69) is 0 Å². The summed E-state index contributed by atoms with van der Waals surface area (Å²) >= 11 is 0. The van der Waals surface area contributed by atoms with Crippen LogP contribution in [0.2, 0.25) is 0 Å². The largest absolute Gasteiger partial charge is 0.504 e. The van der Waals surface area contributed by atoms with Crippen molar-refractivity contribution in [2.45, 2.75) is 6.18 Å². The van der Waals surface area contributed by atoms with Crippen molar-refractivity contribution in [3.63, 3.8) is 0 Å². The number of aliphatic hydroxyl groups is 2. The molecule has 0 heterocycles. The number of benzene rings is 2. The van der Waals surface area contributed by atoms with Crippen LogP contribution in [-0.2, 0) is 15.8 Å². The molecule has 7 heteroatoms. The van der Waals surface area contributed by atoms with Gasteiger partial charge in [-0.3, -0.25) is 9.59 Å². The number of carbonyl (C=O) groups excluding carboxylic acids is 2. The van der Waals surface area contributed by atoms with Gasteiger partial charge in [-0.05, 0) is 29.3 Å². The fourth-order valence-electron chi connectivity index (χ4n) is 2.69. The number of hydrogen-bond acceptors (Lipinski definition) is 4. The first-order valence-electron chi connectivity index (χ1n) is 8.07. The maximum atomic E-state index is 12.6. The number of allylic oxidation sites excluding steroid dienone is 3. The van der Waals surface area contributed by atoms with E-state index in [0.717, 1.165) is 18.2 Å². The Morgan fingerprint density at radius 1 is 0.750 bits per heavy atom. The third-order valence-electron chi connectivity index (χ3n) is 4.14. The molecule has 0 aromatic heterocycles. The molecule has 4 nitrogen and oxygen atoms in total. The summed E-state index contributed by atoms with van der Waals surface area (Å²) in [7, 11) is 0. The van der Waals surface area contributed by atoms with Crippen molar-refractivity contribution in [2.75, 3.05) is 0 Å². The van der Waals surface area contributed by atoms with E-state index in [4.69, 9.17) is 0 Å². The Labute approximate surface area is 157 Å². The monoisotopic (exact) mass is 386 g/mol. The van der Waals surface area contributed by atoms with E-state index in [9.17, 15) is 33.0 Å². The Bertz CT molecular complexity index is 1030. The van der Waals surface area contributed by atoms with Crippen molar-refractivity contribution in [3.8, 4) is 0 Å². The standard InChI is InChI=1S/C21H13F3O4/c22-21(23,24)14-9-6-12(7-10-14)8-11-15-17(25)19(27)16(20(28)18(15)26)13-4-2-1-3-5-13/h1-11,25,28H/b11-8+. The van der Waals surface area contributed by atoms with Crippen LogP contribution in [0.5, 0.6) is 0 Å². The molecule has 0 radical (unpaired) electrons. The molecule has 1 aliphatic rings. The third-order valence-corrected chi connectivity index (χ3v) is 4.14. The van der Waals surface area contributed by atoms with Crippen molar-refractivity contribution >= 4 is 23.2 Å². The smallest absolute Gasteiger partial charge is 0.416 e. The fraction of sp³-hybridized carbons (Fsp3) is 0.0476. The first-order valence-corrected chi connectivity index (χ1v) is 8.07. The van der Waals surface area contributed by atoms with Crippen LogP contribution in [-0.4, -0.2) is 21.8 Å². The van der Waals surface area contributed by atoms with Crippen molar-refractivity contribution in [3.05, 3.63) is 94.5 Å². The Morgan fingerprint density at radius 3 is 1.93 bits per heavy atom. The van der Waals surface area contributed by atoms with Crippen LogP contribution in [0, 0.1) is 0 Å². The second-order valence-electron chi connectivity index (χ2n) is 5.96. The zero-order valence-corrected chi connectivity index (χ0v) is 14.2. The van der Waals surface area contributed by atoms with E-state index >= 15 is 0 Å². The fourth-order valence-corrected chi connectivity index (χ4v) is 2.69. The topological polar surface area (TPSA) is 74.6 Å². The van der Waals surface area contributed by atoms with Crippen molar-refractivity contribution in [1.29, 1.82) is 0 Å². The minimum Gasteiger partial charge on any atom is -0.504 e. The van der Waals surface area contributed by atoms with Gasteiger partial charge < -0.3 is 10.2 Å². The van der Waals surface area contributed by atoms with Gasteiger partial charge in [-0.2, -0.15) is 13.2 Å². The van der Waals surface area contributed by atoms with Crippen molar-refractivity contribution < 1.29 is 33.0 Å². The molecule has 3 rings (SSSR count). The summed E-state index contributed by atoms with van der Waals surface area (Å²) in [5.74, 6) is -3.53. The SMILES string of the molecule is O=C1C(O)=C(c2ccccc2)C(=O)C(O)=C1/C=C/c1ccc(C(F)(F)F)cc1. The van der Waals surface area contributed by atoms with Gasteiger partial charge in [-0.15, -0.1) is 0 Å². The molecular weight excluding hydrogens is 373 g/mol. The number of halogens is 3. The van der Waals surface area contributed by atoms with Gasteiger partial charge >= 0.3 is 6.18 Å². The van der Waals surface area contributed by atoms with E-state index < -0.39 is 40.4 Å². The Morgan fingerprint density at radius 2 is 1.36 bits per heavy atom. The predicted molar refractivity (Wildman–Crippen MR) is 96.1 cm³/mol. The van der Waals surface area contributed by atoms with Gasteiger partial charge in [0.2, 0.25) is 11.6 Å². The lowest BCUT2D eigenvalue weighted by Gasteiger charge is -2.16. The lowest BCUT2D eigenvalue weighted by atomic mass is 9.89. The van der Waals surface area contributed by atoms with E-state index in [1.54, 1.807) is 18.2 Å². The average molecular weight is 386 g/mol. The van der Waals surface area contributed by atoms with Crippen LogP contribution in [0.15, 0.2) is 77.8 Å². The molecule has 2 N–H and O–H groups in total. The molecule has 0 saturated carbocycles. The number of alkyl halides is 3. The maximum absolute atomic E-state index is 12.6. The molecular formula is C21H13F3O4. The summed E-state index contributed by atoms with van der Waals surface area (Å²) in [6.45, 7) is 0. The summed E-state index contributed by atoms with van der Waals surface area (Å²) in [6, 6.07) is 12.0. The van der Waals surface area contributed by atoms with Gasteiger partial charge in [0.05, 0.1) is 16.7 Å². The van der Waals surface area contributed by atoms with Crippen molar-refractivity contribution in [2.24, 2.45) is 0 Å². The molecule has 0 saturated heterocycles. The van der Waals surface area contributed by atoms with Crippen molar-refractivity contribution in [1.82, 2.24) is 0 Å². The van der Waals surface area contributed by atoms with Crippen LogP contribution in [0.1, 0.15) is 16.7 Å². The number of rotatable bonds is 3. The first-order chi connectivity index (χ1) is 13.2. The highest BCUT2D eigenvalue weighted by Gasteiger charge is 2.34. The Hall–Kier alpha value is -3.61.